The van der Waals surface area contributed by atoms with Gasteiger partial charge in [-0.2, -0.15) is 0 Å². The number of piperazine rings is 1. The number of pyridine rings is 1. The summed E-state index contributed by atoms with van der Waals surface area (Å²) in [6.45, 7) is 5.22. The van der Waals surface area contributed by atoms with E-state index in [9.17, 15) is 4.79 Å². The predicted molar refractivity (Wildman–Crippen MR) is 128 cm³/mol. The van der Waals surface area contributed by atoms with Gasteiger partial charge in [-0.3, -0.25) is 9.78 Å². The molecule has 0 aliphatic carbocycles. The molecule has 4 heterocycles. The van der Waals surface area contributed by atoms with Crippen molar-refractivity contribution in [2.45, 2.75) is 19.4 Å². The number of likely N-dealkylation sites (N-methyl/N-ethyl adjacent to an activating group) is 1. The van der Waals surface area contributed by atoms with E-state index in [-0.39, 0.29) is 18.4 Å². The first-order valence-corrected chi connectivity index (χ1v) is 11.3. The Morgan fingerprint density at radius 1 is 1.21 bits per heavy atom. The van der Waals surface area contributed by atoms with Gasteiger partial charge in [0.15, 0.2) is 11.5 Å². The quantitative estimate of drug-likeness (QED) is 0.468. The molecule has 3 aromatic heterocycles. The van der Waals surface area contributed by atoms with Crippen LogP contribution in [0.5, 0.6) is 0 Å². The highest BCUT2D eigenvalue weighted by atomic mass is 35.5. The molecule has 2 N–H and O–H groups in total. The van der Waals surface area contributed by atoms with Gasteiger partial charge in [-0.15, -0.1) is 0 Å². The summed E-state index contributed by atoms with van der Waals surface area (Å²) in [6.07, 6.45) is 3.29. The van der Waals surface area contributed by atoms with Crippen molar-refractivity contribution in [1.82, 2.24) is 34.7 Å². The lowest BCUT2D eigenvalue weighted by atomic mass is 10.0. The molecule has 10 heteroatoms. The number of carbonyl (C=O) groups excluding carboxylic acids is 1. The Morgan fingerprint density at radius 2 is 2.03 bits per heavy atom. The minimum Gasteiger partial charge on any atom is -0.360 e. The number of nitrogens with zero attached hydrogens (tertiary/aromatic N) is 6. The number of hydrogen-bond donors (Lipinski definition) is 2. The maximum absolute atomic E-state index is 13.1. The van der Waals surface area contributed by atoms with Crippen LogP contribution in [0.25, 0.3) is 21.9 Å². The smallest absolute Gasteiger partial charge is 0.228 e. The molecular weight excluding hydrogens is 440 g/mol. The van der Waals surface area contributed by atoms with Crippen LogP contribution in [0.1, 0.15) is 24.4 Å². The minimum atomic E-state index is -0.180. The van der Waals surface area contributed by atoms with Crippen LogP contribution in [0.4, 0.5) is 5.82 Å². The third-order valence-corrected chi connectivity index (χ3v) is 6.41. The molecule has 4 aromatic rings. The largest absolute Gasteiger partial charge is 0.360 e. The van der Waals surface area contributed by atoms with Crippen LogP contribution in [0, 0.1) is 0 Å². The van der Waals surface area contributed by atoms with Crippen molar-refractivity contribution in [2.75, 3.05) is 38.5 Å². The number of aromatic amines is 1. The highest BCUT2D eigenvalue weighted by Gasteiger charge is 2.22. The number of halogens is 1. The number of hydrogen-bond acceptors (Lipinski definition) is 7. The molecular formula is C23H25ClN8O. The van der Waals surface area contributed by atoms with Gasteiger partial charge < -0.3 is 20.1 Å². The molecule has 5 rings (SSSR count). The molecule has 9 nitrogen and oxygen atoms in total. The van der Waals surface area contributed by atoms with Crippen molar-refractivity contribution in [3.8, 4) is 0 Å². The number of imidazole rings is 1. The molecule has 0 saturated carbocycles. The SMILES string of the molecule is C[C@H](Nc1ncnc2[nH]cnc12)c1cc2cccc(Cl)c2c(CC(=O)N2CCN(C)CC2)n1. The van der Waals surface area contributed by atoms with Crippen molar-refractivity contribution in [3.63, 3.8) is 0 Å². The van der Waals surface area contributed by atoms with E-state index < -0.39 is 0 Å². The zero-order valence-corrected chi connectivity index (χ0v) is 19.3. The third kappa shape index (κ3) is 4.34. The summed E-state index contributed by atoms with van der Waals surface area (Å²) in [7, 11) is 2.07. The van der Waals surface area contributed by atoms with E-state index in [0.717, 1.165) is 42.6 Å². The first-order valence-electron chi connectivity index (χ1n) is 10.9. The molecule has 0 bridgehead atoms. The Morgan fingerprint density at radius 3 is 2.85 bits per heavy atom. The molecule has 1 aliphatic rings. The van der Waals surface area contributed by atoms with Gasteiger partial charge in [0.25, 0.3) is 0 Å². The fraction of sp³-hybridized carbons (Fsp3) is 0.348. The van der Waals surface area contributed by atoms with Gasteiger partial charge in [0, 0.05) is 31.6 Å². The van der Waals surface area contributed by atoms with Gasteiger partial charge in [-0.05, 0) is 31.5 Å². The summed E-state index contributed by atoms with van der Waals surface area (Å²) in [5.41, 5.74) is 2.82. The molecule has 1 atom stereocenters. The summed E-state index contributed by atoms with van der Waals surface area (Å²) in [5.74, 6) is 0.695. The first kappa shape index (κ1) is 21.5. The van der Waals surface area contributed by atoms with Crippen LogP contribution in [0.3, 0.4) is 0 Å². The van der Waals surface area contributed by atoms with Crippen LogP contribution in [0.2, 0.25) is 5.02 Å². The standard InChI is InChI=1S/C23H25ClN8O/c1-14(29-23-21-22(26-12-25-21)27-13-28-23)17-10-15-4-3-5-16(24)20(15)18(30-17)11-19(33)32-8-6-31(2)7-9-32/h3-5,10,12-14H,6-9,11H2,1-2H3,(H2,25,26,27,28,29)/t14-/m0/s1. The molecule has 0 spiro atoms. The van der Waals surface area contributed by atoms with E-state index in [4.69, 9.17) is 16.6 Å². The van der Waals surface area contributed by atoms with Gasteiger partial charge in [0.05, 0.1) is 35.2 Å². The minimum absolute atomic E-state index is 0.0728. The molecule has 1 aliphatic heterocycles. The van der Waals surface area contributed by atoms with E-state index in [1.807, 2.05) is 36.1 Å². The lowest BCUT2D eigenvalue weighted by molar-refractivity contribution is -0.132. The number of carbonyl (C=O) groups is 1. The fourth-order valence-corrected chi connectivity index (χ4v) is 4.47. The Labute approximate surface area is 196 Å². The summed E-state index contributed by atoms with van der Waals surface area (Å²) >= 11 is 6.55. The molecule has 1 saturated heterocycles. The highest BCUT2D eigenvalue weighted by molar-refractivity contribution is 6.35. The number of aromatic nitrogens is 5. The zero-order chi connectivity index (χ0) is 22.9. The van der Waals surface area contributed by atoms with Crippen molar-refractivity contribution in [1.29, 1.82) is 0 Å². The Balaban J connectivity index is 1.47. The first-order chi connectivity index (χ1) is 16.0. The van der Waals surface area contributed by atoms with Gasteiger partial charge in [-0.25, -0.2) is 15.0 Å². The molecule has 1 fully saturated rings. The molecule has 33 heavy (non-hydrogen) atoms. The van der Waals surface area contributed by atoms with Gasteiger partial charge in [0.2, 0.25) is 5.91 Å². The Hall–Kier alpha value is -3.30. The van der Waals surface area contributed by atoms with Crippen LogP contribution in [-0.4, -0.2) is 73.9 Å². The second-order valence-electron chi connectivity index (χ2n) is 8.38. The number of fused-ring (bicyclic) bond motifs is 2. The molecule has 0 radical (unpaired) electrons. The average molecular weight is 465 g/mol. The van der Waals surface area contributed by atoms with Crippen molar-refractivity contribution in [2.24, 2.45) is 0 Å². The van der Waals surface area contributed by atoms with Crippen LogP contribution in [-0.2, 0) is 11.2 Å². The molecule has 0 unspecified atom stereocenters. The number of rotatable bonds is 5. The maximum atomic E-state index is 13.1. The Kier molecular flexibility index (Phi) is 5.82. The van der Waals surface area contributed by atoms with Crippen molar-refractivity contribution < 1.29 is 4.79 Å². The van der Waals surface area contributed by atoms with Gasteiger partial charge in [0.1, 0.15) is 11.8 Å². The summed E-state index contributed by atoms with van der Waals surface area (Å²) < 4.78 is 0. The van der Waals surface area contributed by atoms with Gasteiger partial charge >= 0.3 is 0 Å². The predicted octanol–water partition coefficient (Wildman–Crippen LogP) is 3.04. The Bertz CT molecular complexity index is 1310. The van der Waals surface area contributed by atoms with Crippen LogP contribution < -0.4 is 5.32 Å². The zero-order valence-electron chi connectivity index (χ0n) is 18.5. The summed E-state index contributed by atoms with van der Waals surface area (Å²) in [6, 6.07) is 7.58. The van der Waals surface area contributed by atoms with E-state index in [1.165, 1.54) is 6.33 Å². The van der Waals surface area contributed by atoms with Crippen molar-refractivity contribution in [3.05, 3.63) is 53.3 Å². The van der Waals surface area contributed by atoms with E-state index in [0.29, 0.717) is 27.7 Å². The number of H-pyrrole nitrogens is 1. The molecule has 1 amide bonds. The second-order valence-corrected chi connectivity index (χ2v) is 8.79. The average Bonchev–Trinajstić information content (AvgIpc) is 3.29. The summed E-state index contributed by atoms with van der Waals surface area (Å²) in [5, 5.41) is 5.77. The van der Waals surface area contributed by atoms with E-state index >= 15 is 0 Å². The third-order valence-electron chi connectivity index (χ3n) is 6.09. The maximum Gasteiger partial charge on any atom is 0.228 e. The molecule has 1 aromatic carbocycles. The second kappa shape index (κ2) is 8.92. The van der Waals surface area contributed by atoms with E-state index in [1.54, 1.807) is 6.33 Å². The van der Waals surface area contributed by atoms with E-state index in [2.05, 4.69) is 37.2 Å². The number of benzene rings is 1. The van der Waals surface area contributed by atoms with Crippen LogP contribution in [0.15, 0.2) is 36.9 Å². The monoisotopic (exact) mass is 464 g/mol. The number of amides is 1. The van der Waals surface area contributed by atoms with Gasteiger partial charge in [-0.1, -0.05) is 23.7 Å². The topological polar surface area (TPSA) is 103 Å². The fourth-order valence-electron chi connectivity index (χ4n) is 4.18. The number of nitrogens with one attached hydrogen (secondary N) is 2. The summed E-state index contributed by atoms with van der Waals surface area (Å²) in [4.78, 5) is 38.0. The lowest BCUT2D eigenvalue weighted by Crippen LogP contribution is -2.47. The van der Waals surface area contributed by atoms with Crippen molar-refractivity contribution >= 4 is 45.3 Å². The lowest BCUT2D eigenvalue weighted by Gasteiger charge is -2.32. The molecule has 170 valence electrons. The number of anilines is 1. The highest BCUT2D eigenvalue weighted by Crippen LogP contribution is 2.30. The van der Waals surface area contributed by atoms with Crippen LogP contribution >= 0.6 is 11.6 Å². The normalized spacial score (nSPS) is 15.8.